The highest BCUT2D eigenvalue weighted by Gasteiger charge is 2.48. The van der Waals surface area contributed by atoms with Gasteiger partial charge in [-0.1, -0.05) is 0 Å². The van der Waals surface area contributed by atoms with E-state index in [1.807, 2.05) is 0 Å². The second-order valence-electron chi connectivity index (χ2n) is 2.74. The van der Waals surface area contributed by atoms with Gasteiger partial charge in [0.2, 0.25) is 0 Å². The third kappa shape index (κ3) is 2.44. The molecule has 0 aromatic heterocycles. The molecular formula is C9H10N2O4. The maximum absolute atomic E-state index is 11.4. The number of ether oxygens (including phenoxy) is 2. The van der Waals surface area contributed by atoms with Crippen LogP contribution in [0.25, 0.3) is 0 Å². The van der Waals surface area contributed by atoms with Crippen molar-refractivity contribution < 1.29 is 19.1 Å². The molecule has 0 amide bonds. The summed E-state index contributed by atoms with van der Waals surface area (Å²) in [6.45, 7) is 0. The Morgan fingerprint density at radius 1 is 1.07 bits per heavy atom. The molecule has 0 saturated carbocycles. The zero-order valence-electron chi connectivity index (χ0n) is 8.44. The van der Waals surface area contributed by atoms with Gasteiger partial charge in [0, 0.05) is 0 Å². The molecule has 0 saturated heterocycles. The number of hydrogen-bond donors (Lipinski definition) is 0. The lowest BCUT2D eigenvalue weighted by Crippen LogP contribution is -2.40. The number of hydrogen-bond acceptors (Lipinski definition) is 6. The van der Waals surface area contributed by atoms with Crippen molar-refractivity contribution in [1.82, 2.24) is 0 Å². The van der Waals surface area contributed by atoms with Crippen molar-refractivity contribution >= 4 is 11.9 Å². The van der Waals surface area contributed by atoms with E-state index in [-0.39, 0.29) is 0 Å². The third-order valence-corrected chi connectivity index (χ3v) is 1.91. The van der Waals surface area contributed by atoms with Gasteiger partial charge in [0.15, 0.2) is 5.41 Å². The lowest BCUT2D eigenvalue weighted by Gasteiger charge is -2.22. The third-order valence-electron chi connectivity index (χ3n) is 1.91. The van der Waals surface area contributed by atoms with Crippen LogP contribution in [0.1, 0.15) is 12.8 Å². The van der Waals surface area contributed by atoms with Crippen LogP contribution in [0.3, 0.4) is 0 Å². The number of esters is 2. The van der Waals surface area contributed by atoms with Crippen molar-refractivity contribution in [2.45, 2.75) is 12.8 Å². The molecule has 0 aliphatic rings. The number of nitrogens with zero attached hydrogens (tertiary/aromatic N) is 2. The summed E-state index contributed by atoms with van der Waals surface area (Å²) in [5, 5.41) is 17.1. The van der Waals surface area contributed by atoms with Gasteiger partial charge < -0.3 is 9.47 Å². The lowest BCUT2D eigenvalue weighted by atomic mass is 9.82. The van der Waals surface area contributed by atoms with Crippen molar-refractivity contribution in [3.8, 4) is 12.1 Å². The topological polar surface area (TPSA) is 100 Å². The molecule has 0 unspecified atom stereocenters. The maximum atomic E-state index is 11.4. The van der Waals surface area contributed by atoms with Gasteiger partial charge in [0.25, 0.3) is 0 Å². The van der Waals surface area contributed by atoms with Gasteiger partial charge in [-0.3, -0.25) is 9.59 Å². The molecule has 0 aliphatic heterocycles. The summed E-state index contributed by atoms with van der Waals surface area (Å²) >= 11 is 0. The van der Waals surface area contributed by atoms with Crippen LogP contribution in [-0.4, -0.2) is 26.2 Å². The highest BCUT2D eigenvalue weighted by atomic mass is 16.5. The first-order valence-corrected chi connectivity index (χ1v) is 3.99. The van der Waals surface area contributed by atoms with Crippen molar-refractivity contribution in [2.75, 3.05) is 14.2 Å². The van der Waals surface area contributed by atoms with E-state index in [4.69, 9.17) is 10.5 Å². The van der Waals surface area contributed by atoms with Gasteiger partial charge in [0.1, 0.15) is 0 Å². The Morgan fingerprint density at radius 3 is 1.60 bits per heavy atom. The van der Waals surface area contributed by atoms with Gasteiger partial charge in [0.05, 0.1) is 39.2 Å². The second-order valence-corrected chi connectivity index (χ2v) is 2.74. The van der Waals surface area contributed by atoms with E-state index in [1.165, 1.54) is 0 Å². The lowest BCUT2D eigenvalue weighted by molar-refractivity contribution is -0.168. The summed E-state index contributed by atoms with van der Waals surface area (Å²) in [7, 11) is 2.16. The molecular weight excluding hydrogens is 200 g/mol. The van der Waals surface area contributed by atoms with Gasteiger partial charge in [-0.15, -0.1) is 0 Å². The summed E-state index contributed by atoms with van der Waals surface area (Å²) in [5.41, 5.74) is -1.83. The van der Waals surface area contributed by atoms with Crippen LogP contribution in [0, 0.1) is 28.1 Å². The van der Waals surface area contributed by atoms with Crippen LogP contribution < -0.4 is 0 Å². The Bertz CT molecular complexity index is 303. The van der Waals surface area contributed by atoms with Gasteiger partial charge in [-0.25, -0.2) is 0 Å². The average molecular weight is 210 g/mol. The summed E-state index contributed by atoms with van der Waals surface area (Å²) in [5.74, 6) is -1.87. The van der Waals surface area contributed by atoms with E-state index in [1.54, 1.807) is 12.1 Å². The van der Waals surface area contributed by atoms with Crippen molar-refractivity contribution in [3.05, 3.63) is 0 Å². The Hall–Kier alpha value is -2.08. The van der Waals surface area contributed by atoms with E-state index in [9.17, 15) is 9.59 Å². The fourth-order valence-corrected chi connectivity index (χ4v) is 1.10. The predicted octanol–water partition coefficient (Wildman–Crippen LogP) is 0.146. The summed E-state index contributed by atoms with van der Waals surface area (Å²) in [6, 6.07) is 3.34. The first-order valence-electron chi connectivity index (χ1n) is 3.99. The molecule has 6 nitrogen and oxygen atoms in total. The molecule has 0 spiro atoms. The van der Waals surface area contributed by atoms with Crippen LogP contribution in [0.5, 0.6) is 0 Å². The number of nitriles is 2. The Labute approximate surface area is 87.0 Å². The molecule has 0 aromatic carbocycles. The molecule has 0 bridgehead atoms. The second kappa shape index (κ2) is 5.61. The van der Waals surface area contributed by atoms with Crippen molar-refractivity contribution in [1.29, 1.82) is 10.5 Å². The van der Waals surface area contributed by atoms with Crippen LogP contribution in [0.2, 0.25) is 0 Å². The molecule has 0 fully saturated rings. The molecule has 0 N–H and O–H groups in total. The van der Waals surface area contributed by atoms with Crippen LogP contribution >= 0.6 is 0 Å². The maximum Gasteiger partial charge on any atom is 0.325 e. The fraction of sp³-hybridized carbons (Fsp3) is 0.556. The molecule has 15 heavy (non-hydrogen) atoms. The van der Waals surface area contributed by atoms with E-state index in [2.05, 4.69) is 9.47 Å². The summed E-state index contributed by atoms with van der Waals surface area (Å²) < 4.78 is 8.80. The number of carbonyl (C=O) groups excluding carboxylic acids is 2. The molecule has 0 heterocycles. The average Bonchev–Trinajstić information content (AvgIpc) is 2.26. The molecule has 0 rings (SSSR count). The normalized spacial score (nSPS) is 9.60. The molecule has 0 radical (unpaired) electrons. The monoisotopic (exact) mass is 210 g/mol. The summed E-state index contributed by atoms with van der Waals surface area (Å²) in [6.07, 6.45) is -0.889. The van der Waals surface area contributed by atoms with E-state index in [0.717, 1.165) is 14.2 Å². The molecule has 0 atom stereocenters. The SMILES string of the molecule is COC(=O)C(CC#N)(CC#N)C(=O)OC. The van der Waals surface area contributed by atoms with Gasteiger partial charge in [-0.2, -0.15) is 10.5 Å². The highest BCUT2D eigenvalue weighted by molar-refractivity contribution is 6.00. The largest absolute Gasteiger partial charge is 0.468 e. The number of carbonyl (C=O) groups is 2. The Kier molecular flexibility index (Phi) is 4.83. The van der Waals surface area contributed by atoms with Crippen LogP contribution in [0.4, 0.5) is 0 Å². The van der Waals surface area contributed by atoms with Crippen LogP contribution in [0.15, 0.2) is 0 Å². The number of rotatable bonds is 4. The smallest absolute Gasteiger partial charge is 0.325 e. The Morgan fingerprint density at radius 2 is 1.40 bits per heavy atom. The zero-order valence-corrected chi connectivity index (χ0v) is 8.44. The summed E-state index contributed by atoms with van der Waals surface area (Å²) in [4.78, 5) is 22.8. The first kappa shape index (κ1) is 12.9. The number of methoxy groups -OCH3 is 2. The molecule has 0 aromatic rings. The molecule has 6 heteroatoms. The van der Waals surface area contributed by atoms with E-state index >= 15 is 0 Å². The van der Waals surface area contributed by atoms with Gasteiger partial charge >= 0.3 is 11.9 Å². The Balaban J connectivity index is 5.28. The quantitative estimate of drug-likeness (QED) is 0.483. The van der Waals surface area contributed by atoms with Crippen LogP contribution in [-0.2, 0) is 19.1 Å². The van der Waals surface area contributed by atoms with E-state index in [0.29, 0.717) is 0 Å². The molecule has 80 valence electrons. The minimum absolute atomic E-state index is 0.445. The molecule has 0 aliphatic carbocycles. The van der Waals surface area contributed by atoms with E-state index < -0.39 is 30.2 Å². The van der Waals surface area contributed by atoms with Gasteiger partial charge in [-0.05, 0) is 0 Å². The highest BCUT2D eigenvalue weighted by Crippen LogP contribution is 2.29. The minimum Gasteiger partial charge on any atom is -0.468 e. The zero-order chi connectivity index (χ0) is 11.9. The minimum atomic E-state index is -1.83. The van der Waals surface area contributed by atoms with Crippen molar-refractivity contribution in [2.24, 2.45) is 5.41 Å². The standard InChI is InChI=1S/C9H10N2O4/c1-14-7(12)9(3-5-10,4-6-11)8(13)15-2/h3-4H2,1-2H3. The van der Waals surface area contributed by atoms with Crippen molar-refractivity contribution in [3.63, 3.8) is 0 Å². The predicted molar refractivity (Wildman–Crippen MR) is 46.9 cm³/mol. The fourth-order valence-electron chi connectivity index (χ4n) is 1.10. The first-order chi connectivity index (χ1) is 7.08.